The fourth-order valence-corrected chi connectivity index (χ4v) is 1.56. The van der Waals surface area contributed by atoms with Gasteiger partial charge < -0.3 is 20.3 Å². The first-order chi connectivity index (χ1) is 8.12. The fraction of sp³-hybridized carbons (Fsp3) is 0.417. The summed E-state index contributed by atoms with van der Waals surface area (Å²) in [6, 6.07) is 5.33. The average Bonchev–Trinajstić information content (AvgIpc) is 2.35. The third-order valence-corrected chi connectivity index (χ3v) is 2.56. The van der Waals surface area contributed by atoms with E-state index in [0.29, 0.717) is 17.9 Å². The van der Waals surface area contributed by atoms with E-state index >= 15 is 0 Å². The summed E-state index contributed by atoms with van der Waals surface area (Å²) in [5, 5.41) is 8.93. The van der Waals surface area contributed by atoms with Gasteiger partial charge in [0.1, 0.15) is 0 Å². The summed E-state index contributed by atoms with van der Waals surface area (Å²) in [7, 11) is 3.09. The average molecular weight is 276 g/mol. The minimum atomic E-state index is -0.887. The van der Waals surface area contributed by atoms with E-state index in [0.717, 1.165) is 5.56 Å². The van der Waals surface area contributed by atoms with Gasteiger partial charge in [-0.25, -0.2) is 0 Å². The lowest BCUT2D eigenvalue weighted by Gasteiger charge is -2.12. The van der Waals surface area contributed by atoms with Crippen LogP contribution in [0.5, 0.6) is 11.5 Å². The number of nitrogens with two attached hydrogens (primary N) is 1. The minimum Gasteiger partial charge on any atom is -0.493 e. The standard InChI is InChI=1S/C12H17NO4.ClH/c1-16-10-4-3-8(6-11(10)17-2)5-9(7-13)12(14)15;/h3-4,6,9H,5,7,13H2,1-2H3,(H,14,15);1H. The molecule has 0 aliphatic heterocycles. The van der Waals surface area contributed by atoms with E-state index in [1.54, 1.807) is 26.4 Å². The topological polar surface area (TPSA) is 81.8 Å². The Morgan fingerprint density at radius 3 is 2.39 bits per heavy atom. The first kappa shape index (κ1) is 16.5. The van der Waals surface area contributed by atoms with Crippen LogP contribution in [-0.4, -0.2) is 31.8 Å². The third kappa shape index (κ3) is 4.09. The van der Waals surface area contributed by atoms with Gasteiger partial charge in [-0.1, -0.05) is 6.07 Å². The van der Waals surface area contributed by atoms with Crippen LogP contribution in [-0.2, 0) is 11.2 Å². The molecule has 0 heterocycles. The molecule has 0 bridgehead atoms. The van der Waals surface area contributed by atoms with E-state index in [-0.39, 0.29) is 19.0 Å². The first-order valence-corrected chi connectivity index (χ1v) is 5.26. The lowest BCUT2D eigenvalue weighted by molar-refractivity contribution is -0.141. The largest absolute Gasteiger partial charge is 0.493 e. The van der Waals surface area contributed by atoms with Crippen molar-refractivity contribution in [2.24, 2.45) is 11.7 Å². The molecule has 1 atom stereocenters. The molecule has 0 spiro atoms. The first-order valence-electron chi connectivity index (χ1n) is 5.26. The molecule has 1 aromatic rings. The van der Waals surface area contributed by atoms with Crippen LogP contribution in [0.1, 0.15) is 5.56 Å². The zero-order chi connectivity index (χ0) is 12.8. The minimum absolute atomic E-state index is 0. The van der Waals surface area contributed by atoms with Crippen LogP contribution in [0.25, 0.3) is 0 Å². The number of hydrogen-bond acceptors (Lipinski definition) is 4. The lowest BCUT2D eigenvalue weighted by atomic mass is 9.99. The van der Waals surface area contributed by atoms with Crippen molar-refractivity contribution in [3.63, 3.8) is 0 Å². The molecule has 6 heteroatoms. The number of methoxy groups -OCH3 is 2. The maximum atomic E-state index is 10.9. The Bertz CT molecular complexity index is 398. The molecule has 0 fully saturated rings. The van der Waals surface area contributed by atoms with Crippen molar-refractivity contribution in [1.29, 1.82) is 0 Å². The van der Waals surface area contributed by atoms with E-state index in [1.807, 2.05) is 6.07 Å². The van der Waals surface area contributed by atoms with Gasteiger partial charge >= 0.3 is 5.97 Å². The highest BCUT2D eigenvalue weighted by Gasteiger charge is 2.16. The molecule has 3 N–H and O–H groups in total. The number of carboxylic acids is 1. The van der Waals surface area contributed by atoms with E-state index in [1.165, 1.54) is 0 Å². The molecular formula is C12H18ClNO4. The number of rotatable bonds is 6. The van der Waals surface area contributed by atoms with Crippen LogP contribution in [0.3, 0.4) is 0 Å². The lowest BCUT2D eigenvalue weighted by Crippen LogP contribution is -2.25. The quantitative estimate of drug-likeness (QED) is 0.818. The van der Waals surface area contributed by atoms with Gasteiger partial charge in [-0.2, -0.15) is 0 Å². The summed E-state index contributed by atoms with van der Waals surface area (Å²) in [5.41, 5.74) is 6.27. The summed E-state index contributed by atoms with van der Waals surface area (Å²) in [4.78, 5) is 10.9. The molecule has 0 aliphatic carbocycles. The Morgan fingerprint density at radius 1 is 1.33 bits per heavy atom. The van der Waals surface area contributed by atoms with Crippen molar-refractivity contribution in [3.8, 4) is 11.5 Å². The number of halogens is 1. The summed E-state index contributed by atoms with van der Waals surface area (Å²) in [6.45, 7) is 0.115. The number of aliphatic carboxylic acids is 1. The van der Waals surface area contributed by atoms with Gasteiger partial charge in [0.25, 0.3) is 0 Å². The summed E-state index contributed by atoms with van der Waals surface area (Å²) in [5.74, 6) is -0.252. The molecular weight excluding hydrogens is 258 g/mol. The molecule has 102 valence electrons. The highest BCUT2D eigenvalue weighted by Crippen LogP contribution is 2.28. The molecule has 0 saturated heterocycles. The Morgan fingerprint density at radius 2 is 1.94 bits per heavy atom. The number of ether oxygens (including phenoxy) is 2. The van der Waals surface area contributed by atoms with Crippen molar-refractivity contribution >= 4 is 18.4 Å². The third-order valence-electron chi connectivity index (χ3n) is 2.56. The van der Waals surface area contributed by atoms with Crippen LogP contribution in [0.4, 0.5) is 0 Å². The molecule has 0 aliphatic rings. The van der Waals surface area contributed by atoms with Gasteiger partial charge in [0.05, 0.1) is 20.1 Å². The maximum Gasteiger partial charge on any atom is 0.308 e. The number of carboxylic acid groups (broad SMARTS) is 1. The molecule has 5 nitrogen and oxygen atoms in total. The van der Waals surface area contributed by atoms with Gasteiger partial charge in [-0.05, 0) is 24.1 Å². The van der Waals surface area contributed by atoms with E-state index in [2.05, 4.69) is 0 Å². The molecule has 18 heavy (non-hydrogen) atoms. The Labute approximate surface area is 112 Å². The van der Waals surface area contributed by atoms with Crippen LogP contribution >= 0.6 is 12.4 Å². The van der Waals surface area contributed by atoms with Gasteiger partial charge in [0.15, 0.2) is 11.5 Å². The number of benzene rings is 1. The smallest absolute Gasteiger partial charge is 0.308 e. The van der Waals surface area contributed by atoms with E-state index < -0.39 is 11.9 Å². The zero-order valence-electron chi connectivity index (χ0n) is 10.4. The molecule has 1 aromatic carbocycles. The Balaban J connectivity index is 0.00000289. The summed E-state index contributed by atoms with van der Waals surface area (Å²) in [6.07, 6.45) is 0.381. The van der Waals surface area contributed by atoms with E-state index in [4.69, 9.17) is 20.3 Å². The highest BCUT2D eigenvalue weighted by molar-refractivity contribution is 5.85. The van der Waals surface area contributed by atoms with Crippen molar-refractivity contribution < 1.29 is 19.4 Å². The van der Waals surface area contributed by atoms with Gasteiger partial charge in [-0.15, -0.1) is 12.4 Å². The second-order valence-electron chi connectivity index (χ2n) is 3.66. The Kier molecular flexibility index (Phi) is 7.16. The second kappa shape index (κ2) is 7.79. The molecule has 0 aromatic heterocycles. The molecule has 0 saturated carbocycles. The Hall–Kier alpha value is -1.46. The van der Waals surface area contributed by atoms with Gasteiger partial charge in [0.2, 0.25) is 0 Å². The molecule has 1 rings (SSSR count). The predicted octanol–water partition coefficient (Wildman–Crippen LogP) is 1.33. The highest BCUT2D eigenvalue weighted by atomic mass is 35.5. The van der Waals surface area contributed by atoms with Gasteiger partial charge in [0, 0.05) is 6.54 Å². The van der Waals surface area contributed by atoms with Crippen LogP contribution < -0.4 is 15.2 Å². The van der Waals surface area contributed by atoms with Crippen molar-refractivity contribution in [2.75, 3.05) is 20.8 Å². The SMILES string of the molecule is COc1ccc(CC(CN)C(=O)O)cc1OC.Cl. The van der Waals surface area contributed by atoms with Crippen LogP contribution in [0, 0.1) is 5.92 Å². The fourth-order valence-electron chi connectivity index (χ4n) is 1.56. The summed E-state index contributed by atoms with van der Waals surface area (Å²) >= 11 is 0. The number of carbonyl (C=O) groups is 1. The number of hydrogen-bond donors (Lipinski definition) is 2. The van der Waals surface area contributed by atoms with E-state index in [9.17, 15) is 4.79 Å². The molecule has 0 amide bonds. The second-order valence-corrected chi connectivity index (χ2v) is 3.66. The monoisotopic (exact) mass is 275 g/mol. The zero-order valence-corrected chi connectivity index (χ0v) is 11.2. The van der Waals surface area contributed by atoms with Crippen LogP contribution in [0.2, 0.25) is 0 Å². The normalized spacial score (nSPS) is 11.3. The summed E-state index contributed by atoms with van der Waals surface area (Å²) < 4.78 is 10.3. The predicted molar refractivity (Wildman–Crippen MR) is 70.7 cm³/mol. The molecule has 0 radical (unpaired) electrons. The maximum absolute atomic E-state index is 10.9. The van der Waals surface area contributed by atoms with Crippen molar-refractivity contribution in [1.82, 2.24) is 0 Å². The molecule has 1 unspecified atom stereocenters. The van der Waals surface area contributed by atoms with Crippen LogP contribution in [0.15, 0.2) is 18.2 Å². The van der Waals surface area contributed by atoms with Gasteiger partial charge in [-0.3, -0.25) is 4.79 Å². The van der Waals surface area contributed by atoms with Crippen molar-refractivity contribution in [3.05, 3.63) is 23.8 Å². The van der Waals surface area contributed by atoms with Crippen molar-refractivity contribution in [2.45, 2.75) is 6.42 Å².